The van der Waals surface area contributed by atoms with Crippen LogP contribution < -0.4 is 4.90 Å². The maximum atomic E-state index is 2.46. The first kappa shape index (κ1) is 36.8. The van der Waals surface area contributed by atoms with Crippen LogP contribution in [-0.4, -0.2) is 4.57 Å². The molecule has 0 bridgehead atoms. The van der Waals surface area contributed by atoms with Crippen molar-refractivity contribution in [1.29, 1.82) is 0 Å². The van der Waals surface area contributed by atoms with E-state index in [1.165, 1.54) is 77.4 Å². The summed E-state index contributed by atoms with van der Waals surface area (Å²) in [6.07, 6.45) is 0. The number of nitrogens with zero attached hydrogens (tertiary/aromatic N) is 2. The Kier molecular flexibility index (Phi) is 9.57. The fraction of sp³-hybridized carbons (Fsp3) is 0. The molecular formula is C60H42N2. The summed E-state index contributed by atoms with van der Waals surface area (Å²) in [7, 11) is 0. The quantitative estimate of drug-likeness (QED) is 0.141. The van der Waals surface area contributed by atoms with Gasteiger partial charge in [-0.1, -0.05) is 200 Å². The van der Waals surface area contributed by atoms with Crippen LogP contribution in [0.5, 0.6) is 0 Å². The number of anilines is 3. The summed E-state index contributed by atoms with van der Waals surface area (Å²) in [5.41, 5.74) is 18.6. The van der Waals surface area contributed by atoms with Crippen molar-refractivity contribution < 1.29 is 0 Å². The average molecular weight is 791 g/mol. The third kappa shape index (κ3) is 6.74. The van der Waals surface area contributed by atoms with E-state index in [1.54, 1.807) is 0 Å². The fourth-order valence-electron chi connectivity index (χ4n) is 9.11. The van der Waals surface area contributed by atoms with E-state index in [1.807, 2.05) is 0 Å². The Morgan fingerprint density at radius 3 is 1.37 bits per heavy atom. The molecule has 292 valence electrons. The van der Waals surface area contributed by atoms with E-state index in [2.05, 4.69) is 264 Å². The fourth-order valence-corrected chi connectivity index (χ4v) is 9.11. The number of hydrogen-bond donors (Lipinski definition) is 0. The lowest BCUT2D eigenvalue weighted by molar-refractivity contribution is 1.18. The Hall–Kier alpha value is -8.20. The number of rotatable bonds is 9. The van der Waals surface area contributed by atoms with E-state index >= 15 is 0 Å². The highest BCUT2D eigenvalue weighted by atomic mass is 15.1. The van der Waals surface area contributed by atoms with Gasteiger partial charge in [0.15, 0.2) is 0 Å². The van der Waals surface area contributed by atoms with E-state index in [-0.39, 0.29) is 0 Å². The Labute approximate surface area is 362 Å². The van der Waals surface area contributed by atoms with Gasteiger partial charge in [-0.3, -0.25) is 0 Å². The number of fused-ring (bicyclic) bond motifs is 3. The second kappa shape index (κ2) is 16.1. The minimum Gasteiger partial charge on any atom is -0.310 e. The summed E-state index contributed by atoms with van der Waals surface area (Å²) in [6.45, 7) is 0. The first-order valence-corrected chi connectivity index (χ1v) is 21.3. The topological polar surface area (TPSA) is 8.17 Å². The summed E-state index contributed by atoms with van der Waals surface area (Å²) >= 11 is 0. The molecular weight excluding hydrogens is 749 g/mol. The Morgan fingerprint density at radius 2 is 0.726 bits per heavy atom. The third-order valence-corrected chi connectivity index (χ3v) is 12.0. The van der Waals surface area contributed by atoms with E-state index in [9.17, 15) is 0 Å². The zero-order chi connectivity index (χ0) is 41.2. The summed E-state index contributed by atoms with van der Waals surface area (Å²) < 4.78 is 2.38. The maximum Gasteiger partial charge on any atom is 0.0546 e. The molecule has 10 aromatic carbocycles. The smallest absolute Gasteiger partial charge is 0.0546 e. The molecule has 2 heteroatoms. The molecule has 0 atom stereocenters. The molecule has 0 aliphatic rings. The van der Waals surface area contributed by atoms with Crippen LogP contribution in [0.3, 0.4) is 0 Å². The van der Waals surface area contributed by atoms with Crippen molar-refractivity contribution in [1.82, 2.24) is 4.57 Å². The summed E-state index contributed by atoms with van der Waals surface area (Å²) in [4.78, 5) is 2.46. The highest BCUT2D eigenvalue weighted by molar-refractivity contribution is 6.11. The van der Waals surface area contributed by atoms with Crippen molar-refractivity contribution in [3.63, 3.8) is 0 Å². The lowest BCUT2D eigenvalue weighted by Gasteiger charge is -2.30. The van der Waals surface area contributed by atoms with Crippen molar-refractivity contribution >= 4 is 38.9 Å². The van der Waals surface area contributed by atoms with Crippen LogP contribution in [0.1, 0.15) is 0 Å². The molecule has 2 nitrogen and oxygen atoms in total. The number of para-hydroxylation sites is 2. The first-order chi connectivity index (χ1) is 30.8. The zero-order valence-electron chi connectivity index (χ0n) is 34.1. The molecule has 0 radical (unpaired) electrons. The van der Waals surface area contributed by atoms with Gasteiger partial charge in [0.25, 0.3) is 0 Å². The van der Waals surface area contributed by atoms with Gasteiger partial charge in [-0.25, -0.2) is 0 Å². The highest BCUT2D eigenvalue weighted by Crippen LogP contribution is 2.49. The van der Waals surface area contributed by atoms with E-state index < -0.39 is 0 Å². The monoisotopic (exact) mass is 790 g/mol. The third-order valence-electron chi connectivity index (χ3n) is 12.0. The molecule has 1 heterocycles. The molecule has 0 saturated carbocycles. The SMILES string of the molecule is c1ccc(-c2ccc(-c3ccc(N(c4ccc5c(c4)c4ccccc4n5-c4ccccc4)c4cccc(-c5ccccc5)c4-c4ccccc4-c4ccccc4)cc3)cc2)cc1. The van der Waals surface area contributed by atoms with Crippen LogP contribution in [0, 0.1) is 0 Å². The number of benzene rings is 10. The summed E-state index contributed by atoms with van der Waals surface area (Å²) in [5.74, 6) is 0. The molecule has 0 aliphatic carbocycles. The van der Waals surface area contributed by atoms with Crippen LogP contribution >= 0.6 is 0 Å². The van der Waals surface area contributed by atoms with Gasteiger partial charge in [-0.05, 0) is 105 Å². The predicted octanol–water partition coefficient (Wildman–Crippen LogP) is 16.6. The van der Waals surface area contributed by atoms with Gasteiger partial charge in [-0.15, -0.1) is 0 Å². The lowest BCUT2D eigenvalue weighted by atomic mass is 9.87. The van der Waals surface area contributed by atoms with Gasteiger partial charge in [0.1, 0.15) is 0 Å². The van der Waals surface area contributed by atoms with Crippen molar-refractivity contribution in [3.05, 3.63) is 255 Å². The minimum absolute atomic E-state index is 1.07. The second-order valence-corrected chi connectivity index (χ2v) is 15.7. The molecule has 0 amide bonds. The number of aromatic nitrogens is 1. The van der Waals surface area contributed by atoms with Gasteiger partial charge >= 0.3 is 0 Å². The average Bonchev–Trinajstić information content (AvgIpc) is 3.69. The molecule has 0 unspecified atom stereocenters. The van der Waals surface area contributed by atoms with Gasteiger partial charge in [0.2, 0.25) is 0 Å². The van der Waals surface area contributed by atoms with Crippen LogP contribution in [0.25, 0.3) is 83.1 Å². The van der Waals surface area contributed by atoms with Crippen LogP contribution in [0.2, 0.25) is 0 Å². The van der Waals surface area contributed by atoms with Crippen LogP contribution in [-0.2, 0) is 0 Å². The Morgan fingerprint density at radius 1 is 0.274 bits per heavy atom. The summed E-state index contributed by atoms with van der Waals surface area (Å²) in [5, 5.41) is 2.42. The molecule has 0 aliphatic heterocycles. The first-order valence-electron chi connectivity index (χ1n) is 21.3. The minimum atomic E-state index is 1.07. The molecule has 1 aromatic heterocycles. The van der Waals surface area contributed by atoms with Crippen LogP contribution in [0.4, 0.5) is 17.1 Å². The molecule has 11 rings (SSSR count). The normalized spacial score (nSPS) is 11.2. The van der Waals surface area contributed by atoms with Gasteiger partial charge in [0, 0.05) is 33.4 Å². The van der Waals surface area contributed by atoms with Crippen molar-refractivity contribution in [2.45, 2.75) is 0 Å². The molecule has 0 spiro atoms. The second-order valence-electron chi connectivity index (χ2n) is 15.7. The van der Waals surface area contributed by atoms with Crippen molar-refractivity contribution in [3.8, 4) is 61.3 Å². The summed E-state index contributed by atoms with van der Waals surface area (Å²) in [6, 6.07) is 92.1. The molecule has 0 fully saturated rings. The Bertz CT molecular complexity index is 3300. The number of hydrogen-bond acceptors (Lipinski definition) is 1. The van der Waals surface area contributed by atoms with Crippen LogP contribution in [0.15, 0.2) is 255 Å². The maximum absolute atomic E-state index is 2.46. The molecule has 0 N–H and O–H groups in total. The van der Waals surface area contributed by atoms with Gasteiger partial charge in [-0.2, -0.15) is 0 Å². The molecule has 62 heavy (non-hydrogen) atoms. The van der Waals surface area contributed by atoms with Gasteiger partial charge < -0.3 is 9.47 Å². The van der Waals surface area contributed by atoms with E-state index in [4.69, 9.17) is 0 Å². The molecule has 11 aromatic rings. The molecule has 0 saturated heterocycles. The lowest BCUT2D eigenvalue weighted by Crippen LogP contribution is -2.12. The Balaban J connectivity index is 1.14. The van der Waals surface area contributed by atoms with E-state index in [0.29, 0.717) is 0 Å². The van der Waals surface area contributed by atoms with Crippen molar-refractivity contribution in [2.75, 3.05) is 4.90 Å². The predicted molar refractivity (Wildman–Crippen MR) is 263 cm³/mol. The van der Waals surface area contributed by atoms with Crippen molar-refractivity contribution in [2.24, 2.45) is 0 Å². The highest BCUT2D eigenvalue weighted by Gasteiger charge is 2.24. The zero-order valence-corrected chi connectivity index (χ0v) is 34.1. The largest absolute Gasteiger partial charge is 0.310 e. The van der Waals surface area contributed by atoms with E-state index in [0.717, 1.165) is 22.7 Å². The van der Waals surface area contributed by atoms with Gasteiger partial charge in [0.05, 0.1) is 16.7 Å². The standard InChI is InChI=1S/C60H42N2/c1-5-18-43(19-6-1)44-32-34-45(35-33-44)46-36-38-50(39-37-46)61(51-40-41-58-56(42-51)54-27-15-16-30-57(54)62(58)49-24-11-4-12-25-49)59-31-17-29-53(48-22-9-3-10-23-48)60(59)55-28-14-13-26-52(55)47-20-7-2-8-21-47/h1-42H.